The molecule has 0 fully saturated rings. The normalized spacial score (nSPS) is 21.5. The predicted octanol–water partition coefficient (Wildman–Crippen LogP) is 17.2. The van der Waals surface area contributed by atoms with Crippen LogP contribution in [-0.2, 0) is 10.8 Å². The van der Waals surface area contributed by atoms with Crippen LogP contribution in [0.2, 0.25) is 19.6 Å². The molecule has 3 aromatic carbocycles. The highest BCUT2D eigenvalue weighted by Gasteiger charge is 2.53. The fraction of sp³-hybridized carbons (Fsp3) is 0.531. The Balaban J connectivity index is 1.43. The number of benzene rings is 3. The first-order chi connectivity index (χ1) is 32.1. The van der Waals surface area contributed by atoms with Gasteiger partial charge in [-0.3, -0.25) is 0 Å². The van der Waals surface area contributed by atoms with E-state index in [1.165, 1.54) is 90.3 Å². The van der Waals surface area contributed by atoms with Gasteiger partial charge in [0.2, 0.25) is 0 Å². The van der Waals surface area contributed by atoms with Crippen LogP contribution in [0.1, 0.15) is 178 Å². The van der Waals surface area contributed by atoms with Crippen LogP contribution in [0.3, 0.4) is 0 Å². The van der Waals surface area contributed by atoms with Gasteiger partial charge in [0.05, 0.1) is 19.8 Å². The maximum atomic E-state index is 7.55. The summed E-state index contributed by atoms with van der Waals surface area (Å²) in [6, 6.07) is 22.4. The van der Waals surface area contributed by atoms with Crippen LogP contribution in [-0.4, -0.2) is 20.8 Å². The van der Waals surface area contributed by atoms with Crippen LogP contribution in [0.5, 0.6) is 0 Å². The molecular weight excluding hydrogens is 852 g/mol. The van der Waals surface area contributed by atoms with E-state index >= 15 is 0 Å². The highest BCUT2D eigenvalue weighted by Crippen LogP contribution is 2.56. The minimum Gasteiger partial charge on any atom is -0.441 e. The number of allylic oxidation sites excluding steroid dienone is 6. The molecule has 2 atom stereocenters. The van der Waals surface area contributed by atoms with Gasteiger partial charge in [-0.05, 0) is 147 Å². The number of furan rings is 1. The van der Waals surface area contributed by atoms with Crippen LogP contribution in [0.25, 0.3) is 22.1 Å². The lowest BCUT2D eigenvalue weighted by Crippen LogP contribution is -2.57. The molecule has 3 aliphatic carbocycles. The van der Waals surface area contributed by atoms with Crippen molar-refractivity contribution in [2.75, 3.05) is 9.80 Å². The first-order valence-corrected chi connectivity index (χ1v) is 30.6. The quantitative estimate of drug-likeness (QED) is 0.156. The number of hydrogen-bond acceptors (Lipinski definition) is 3. The van der Waals surface area contributed by atoms with Gasteiger partial charge in [0.25, 0.3) is 6.71 Å². The topological polar surface area (TPSA) is 19.6 Å². The molecule has 0 bridgehead atoms. The third-order valence-corrected chi connectivity index (χ3v) is 19.7. The van der Waals surface area contributed by atoms with E-state index in [-0.39, 0.29) is 39.8 Å². The SMILES string of the molecule is CCC1CC2=C(C=C1C(C)(C)CC)B1C3=C(C=C(C(C)(C)C)CC3N(/C=C/CC(C)(C)C)c3oc4cc5c(cc4c31)C(C)(C)CCC5(C)C)N2c1ccc(C(C)C)cc1-c1ccc([Si](C)(C)C)cc1. The van der Waals surface area contributed by atoms with Gasteiger partial charge in [-0.15, -0.1) is 0 Å². The number of anilines is 2. The summed E-state index contributed by atoms with van der Waals surface area (Å²) >= 11 is 0. The molecule has 0 saturated heterocycles. The van der Waals surface area contributed by atoms with E-state index in [1.807, 2.05) is 0 Å². The monoisotopic (exact) mass is 939 g/mol. The standard InChI is InChI=1S/C64H87BN2OSi/c1-20-41-34-53-51(38-48(41)62(11,12)21-2)65-57-47-37-49-50(64(15,16)31-30-63(49,13)14)39-56(47)68-59(57)66(32-22-29-60(5,6)7)54-35-44(61(8,9)10)36-55(58(54)65)67(53)52-28-25-43(40(3)4)33-46(52)42-23-26-45(27-24-42)69(17,18)19/h22-28,32-33,36-41,54H,20-21,29-31,34-35H2,1-19H3/b32-22+. The Morgan fingerprint density at radius 2 is 1.48 bits per heavy atom. The van der Waals surface area contributed by atoms with Crippen LogP contribution in [0.4, 0.5) is 11.6 Å². The van der Waals surface area contributed by atoms with Crippen molar-refractivity contribution >= 4 is 48.0 Å². The van der Waals surface area contributed by atoms with Crippen molar-refractivity contribution in [2.45, 2.75) is 198 Å². The highest BCUT2D eigenvalue weighted by atomic mass is 28.3. The van der Waals surface area contributed by atoms with Crippen molar-refractivity contribution in [1.82, 2.24) is 0 Å². The molecule has 1 aromatic heterocycles. The lowest BCUT2D eigenvalue weighted by molar-refractivity contribution is 0.332. The lowest BCUT2D eigenvalue weighted by Gasteiger charge is -2.52. The maximum absolute atomic E-state index is 7.55. The van der Waals surface area contributed by atoms with Gasteiger partial charge in [0.1, 0.15) is 5.58 Å². The van der Waals surface area contributed by atoms with E-state index in [2.05, 4.69) is 219 Å². The smallest absolute Gasteiger partial charge is 0.252 e. The van der Waals surface area contributed by atoms with Gasteiger partial charge in [0, 0.05) is 34.0 Å². The molecule has 2 aliphatic heterocycles. The van der Waals surface area contributed by atoms with Crippen molar-refractivity contribution in [1.29, 1.82) is 0 Å². The Kier molecular flexibility index (Phi) is 12.2. The Bertz CT molecular complexity index is 2850. The first kappa shape index (κ1) is 49.8. The molecule has 5 aliphatic rings. The molecule has 0 N–H and O–H groups in total. The fourth-order valence-electron chi connectivity index (χ4n) is 12.6. The second-order valence-electron chi connectivity index (χ2n) is 27.6. The number of hydrogen-bond donors (Lipinski definition) is 0. The summed E-state index contributed by atoms with van der Waals surface area (Å²) in [7, 11) is -1.51. The van der Waals surface area contributed by atoms with Crippen LogP contribution >= 0.6 is 0 Å². The summed E-state index contributed by atoms with van der Waals surface area (Å²) in [5, 5.41) is 2.81. The van der Waals surface area contributed by atoms with E-state index in [9.17, 15) is 0 Å². The van der Waals surface area contributed by atoms with Crippen LogP contribution < -0.4 is 20.4 Å². The van der Waals surface area contributed by atoms with Gasteiger partial charge in [-0.25, -0.2) is 0 Å². The molecule has 9 rings (SSSR count). The second kappa shape index (κ2) is 17.0. The zero-order chi connectivity index (χ0) is 50.1. The molecule has 3 nitrogen and oxygen atoms in total. The summed E-state index contributed by atoms with van der Waals surface area (Å²) in [4.78, 5) is 5.43. The minimum absolute atomic E-state index is 0.0345. The number of fused-ring (bicyclic) bond motifs is 6. The molecule has 0 amide bonds. The molecule has 3 heterocycles. The molecule has 0 saturated carbocycles. The molecule has 366 valence electrons. The summed E-state index contributed by atoms with van der Waals surface area (Å²) in [6.45, 7) is 46.2. The zero-order valence-corrected chi connectivity index (χ0v) is 47.6. The second-order valence-corrected chi connectivity index (χ2v) is 32.7. The van der Waals surface area contributed by atoms with Gasteiger partial charge >= 0.3 is 0 Å². The zero-order valence-electron chi connectivity index (χ0n) is 46.6. The van der Waals surface area contributed by atoms with Crippen molar-refractivity contribution < 1.29 is 4.42 Å². The third-order valence-electron chi connectivity index (χ3n) is 17.7. The molecule has 5 heteroatoms. The van der Waals surface area contributed by atoms with Crippen LogP contribution in [0.15, 0.2) is 117 Å². The van der Waals surface area contributed by atoms with Crippen molar-refractivity contribution in [3.63, 3.8) is 0 Å². The fourth-order valence-corrected chi connectivity index (χ4v) is 13.7. The van der Waals surface area contributed by atoms with Crippen molar-refractivity contribution in [3.05, 3.63) is 129 Å². The average Bonchev–Trinajstić information content (AvgIpc) is 3.65. The summed E-state index contributed by atoms with van der Waals surface area (Å²) in [5.74, 6) is 1.91. The van der Waals surface area contributed by atoms with Gasteiger partial charge in [0.15, 0.2) is 5.88 Å². The summed E-state index contributed by atoms with van der Waals surface area (Å²) < 4.78 is 7.55. The van der Waals surface area contributed by atoms with Crippen LogP contribution in [0, 0.1) is 22.2 Å². The van der Waals surface area contributed by atoms with Crippen molar-refractivity contribution in [2.24, 2.45) is 22.2 Å². The Morgan fingerprint density at radius 3 is 2.06 bits per heavy atom. The number of nitrogens with zero attached hydrogens (tertiary/aromatic N) is 2. The summed E-state index contributed by atoms with van der Waals surface area (Å²) in [6.07, 6.45) is 17.8. The van der Waals surface area contributed by atoms with E-state index in [0.29, 0.717) is 11.8 Å². The lowest BCUT2D eigenvalue weighted by atomic mass is 9.30. The third kappa shape index (κ3) is 8.65. The Labute approximate surface area is 420 Å². The molecule has 4 aromatic rings. The van der Waals surface area contributed by atoms with Gasteiger partial charge < -0.3 is 14.2 Å². The minimum atomic E-state index is -1.51. The van der Waals surface area contributed by atoms with Crippen molar-refractivity contribution in [3.8, 4) is 11.1 Å². The van der Waals surface area contributed by atoms with E-state index in [1.54, 1.807) is 5.57 Å². The molecule has 2 unspecified atom stereocenters. The van der Waals surface area contributed by atoms with E-state index in [0.717, 1.165) is 43.6 Å². The predicted molar refractivity (Wildman–Crippen MR) is 305 cm³/mol. The first-order valence-electron chi connectivity index (χ1n) is 27.1. The highest BCUT2D eigenvalue weighted by molar-refractivity contribution is 6.90. The van der Waals surface area contributed by atoms with Gasteiger partial charge in [-0.1, -0.05) is 189 Å². The number of rotatable bonds is 9. The van der Waals surface area contributed by atoms with E-state index < -0.39 is 8.07 Å². The molecule has 0 spiro atoms. The largest absolute Gasteiger partial charge is 0.441 e. The average molecular weight is 939 g/mol. The molecule has 0 radical (unpaired) electrons. The van der Waals surface area contributed by atoms with E-state index in [4.69, 9.17) is 4.42 Å². The molecule has 69 heavy (non-hydrogen) atoms. The van der Waals surface area contributed by atoms with Gasteiger partial charge in [-0.2, -0.15) is 0 Å². The maximum Gasteiger partial charge on any atom is 0.252 e. The Hall–Kier alpha value is -4.22. The molecular formula is C64H87BN2OSi. The Morgan fingerprint density at radius 1 is 0.826 bits per heavy atom. The summed E-state index contributed by atoms with van der Waals surface area (Å²) in [5.41, 5.74) is 20.0.